The molecule has 2 aromatic rings. The lowest BCUT2D eigenvalue weighted by atomic mass is 10.1. The van der Waals surface area contributed by atoms with Crippen LogP contribution in [0.15, 0.2) is 46.0 Å². The number of hydrogen-bond acceptors (Lipinski definition) is 6. The van der Waals surface area contributed by atoms with Crippen LogP contribution < -0.4 is 15.8 Å². The van der Waals surface area contributed by atoms with E-state index in [0.29, 0.717) is 12.2 Å². The maximum absolute atomic E-state index is 12.6. The third-order valence-corrected chi connectivity index (χ3v) is 7.76. The Kier molecular flexibility index (Phi) is 6.68. The van der Waals surface area contributed by atoms with Gasteiger partial charge in [0.15, 0.2) is 0 Å². The highest BCUT2D eigenvalue weighted by Crippen LogP contribution is 2.24. The van der Waals surface area contributed by atoms with Gasteiger partial charge in [-0.3, -0.25) is 14.5 Å². The molecule has 10 heteroatoms. The van der Waals surface area contributed by atoms with Crippen molar-refractivity contribution in [1.29, 1.82) is 0 Å². The van der Waals surface area contributed by atoms with Gasteiger partial charge in [-0.1, -0.05) is 24.3 Å². The van der Waals surface area contributed by atoms with Crippen molar-refractivity contribution in [3.05, 3.63) is 47.3 Å². The number of hydrogen-bond donors (Lipinski definition) is 3. The van der Waals surface area contributed by atoms with Crippen LogP contribution in [-0.4, -0.2) is 43.8 Å². The van der Waals surface area contributed by atoms with Gasteiger partial charge in [-0.15, -0.1) is 11.3 Å². The Labute approximate surface area is 174 Å². The standard InChI is InChI=1S/C19H24N4O4S2/c1-13(22-29(26,27)17-9-5-11-28-17)19(25)21-15-7-3-2-6-14(15)12-23-10-4-8-16(23)18(20)24/h2-3,5-7,9,11,13,16,22H,4,8,10,12H2,1H3,(H2,20,24)(H,21,25). The normalized spacial score (nSPS) is 18.4. The van der Waals surface area contributed by atoms with E-state index in [9.17, 15) is 18.0 Å². The number of amides is 2. The summed E-state index contributed by atoms with van der Waals surface area (Å²) in [6, 6.07) is 9.11. The van der Waals surface area contributed by atoms with Gasteiger partial charge in [0.05, 0.1) is 12.1 Å². The number of nitrogens with two attached hydrogens (primary N) is 1. The quantitative estimate of drug-likeness (QED) is 0.579. The Hall–Kier alpha value is -2.27. The van der Waals surface area contributed by atoms with Gasteiger partial charge in [0.2, 0.25) is 11.8 Å². The topological polar surface area (TPSA) is 122 Å². The van der Waals surface area contributed by atoms with Crippen molar-refractivity contribution in [2.24, 2.45) is 5.73 Å². The van der Waals surface area contributed by atoms with Crippen molar-refractivity contribution in [2.75, 3.05) is 11.9 Å². The molecule has 0 spiro atoms. The highest BCUT2D eigenvalue weighted by atomic mass is 32.2. The molecular formula is C19H24N4O4S2. The summed E-state index contributed by atoms with van der Waals surface area (Å²) >= 11 is 1.08. The van der Waals surface area contributed by atoms with E-state index in [-0.39, 0.29) is 16.2 Å². The van der Waals surface area contributed by atoms with Gasteiger partial charge >= 0.3 is 0 Å². The molecule has 1 aliphatic heterocycles. The summed E-state index contributed by atoms with van der Waals surface area (Å²) in [6.45, 7) is 2.72. The molecule has 4 N–H and O–H groups in total. The van der Waals surface area contributed by atoms with Crippen molar-refractivity contribution >= 4 is 38.9 Å². The summed E-state index contributed by atoms with van der Waals surface area (Å²) in [5.41, 5.74) is 6.90. The first kappa shape index (κ1) is 21.4. The van der Waals surface area contributed by atoms with E-state index >= 15 is 0 Å². The number of nitrogens with zero attached hydrogens (tertiary/aromatic N) is 1. The molecule has 0 radical (unpaired) electrons. The van der Waals surface area contributed by atoms with Crippen LogP contribution in [0, 0.1) is 0 Å². The van der Waals surface area contributed by atoms with Crippen molar-refractivity contribution in [2.45, 2.75) is 42.6 Å². The van der Waals surface area contributed by atoms with Gasteiger partial charge in [0, 0.05) is 12.2 Å². The molecule has 2 heterocycles. The maximum atomic E-state index is 12.6. The molecule has 1 aromatic heterocycles. The minimum atomic E-state index is -3.75. The van der Waals surface area contributed by atoms with Gasteiger partial charge in [0.1, 0.15) is 4.21 Å². The van der Waals surface area contributed by atoms with Crippen LogP contribution in [0.4, 0.5) is 5.69 Å². The van der Waals surface area contributed by atoms with Crippen molar-refractivity contribution in [3.63, 3.8) is 0 Å². The highest BCUT2D eigenvalue weighted by Gasteiger charge is 2.29. The number of sulfonamides is 1. The summed E-state index contributed by atoms with van der Waals surface area (Å²) < 4.78 is 27.2. The minimum absolute atomic E-state index is 0.157. The average molecular weight is 437 g/mol. The summed E-state index contributed by atoms with van der Waals surface area (Å²) in [7, 11) is -3.75. The van der Waals surface area contributed by atoms with Crippen LogP contribution in [-0.2, 0) is 26.2 Å². The van der Waals surface area contributed by atoms with Gasteiger partial charge < -0.3 is 11.1 Å². The molecule has 2 unspecified atom stereocenters. The van der Waals surface area contributed by atoms with Crippen molar-refractivity contribution in [1.82, 2.24) is 9.62 Å². The zero-order valence-electron chi connectivity index (χ0n) is 16.0. The molecule has 2 atom stereocenters. The fraction of sp³-hybridized carbons (Fsp3) is 0.368. The maximum Gasteiger partial charge on any atom is 0.250 e. The van der Waals surface area contributed by atoms with Crippen LogP contribution in [0.25, 0.3) is 0 Å². The number of nitrogens with one attached hydrogen (secondary N) is 2. The Morgan fingerprint density at radius 1 is 1.28 bits per heavy atom. The van der Waals surface area contributed by atoms with Crippen LogP contribution in [0.1, 0.15) is 25.3 Å². The number of carbonyl (C=O) groups is 2. The van der Waals surface area contributed by atoms with Crippen molar-refractivity contribution in [3.8, 4) is 0 Å². The van der Waals surface area contributed by atoms with Crippen LogP contribution in [0.5, 0.6) is 0 Å². The van der Waals surface area contributed by atoms with Gasteiger partial charge in [-0.05, 0) is 49.4 Å². The number of para-hydroxylation sites is 1. The highest BCUT2D eigenvalue weighted by molar-refractivity contribution is 7.91. The molecule has 2 amide bonds. The Balaban J connectivity index is 1.68. The number of primary amides is 1. The number of rotatable bonds is 8. The van der Waals surface area contributed by atoms with Gasteiger partial charge in [0.25, 0.3) is 10.0 Å². The second-order valence-corrected chi connectivity index (χ2v) is 9.84. The van der Waals surface area contributed by atoms with E-state index < -0.39 is 22.0 Å². The van der Waals surface area contributed by atoms with Crippen LogP contribution in [0.3, 0.4) is 0 Å². The Morgan fingerprint density at radius 2 is 2.03 bits per heavy atom. The number of carbonyl (C=O) groups excluding carboxylic acids is 2. The molecular weight excluding hydrogens is 412 g/mol. The van der Waals surface area contributed by atoms with E-state index in [1.54, 1.807) is 23.6 Å². The zero-order valence-corrected chi connectivity index (χ0v) is 17.6. The first-order valence-corrected chi connectivity index (χ1v) is 11.6. The molecule has 8 nitrogen and oxygen atoms in total. The molecule has 0 bridgehead atoms. The molecule has 0 aliphatic carbocycles. The van der Waals surface area contributed by atoms with E-state index in [0.717, 1.165) is 36.3 Å². The van der Waals surface area contributed by atoms with Crippen molar-refractivity contribution < 1.29 is 18.0 Å². The minimum Gasteiger partial charge on any atom is -0.368 e. The number of anilines is 1. The largest absolute Gasteiger partial charge is 0.368 e. The van der Waals surface area contributed by atoms with E-state index in [2.05, 4.69) is 10.0 Å². The lowest BCUT2D eigenvalue weighted by molar-refractivity contribution is -0.122. The van der Waals surface area contributed by atoms with E-state index in [4.69, 9.17) is 5.73 Å². The van der Waals surface area contributed by atoms with Crippen LogP contribution in [0.2, 0.25) is 0 Å². The van der Waals surface area contributed by atoms with Crippen LogP contribution >= 0.6 is 11.3 Å². The summed E-state index contributed by atoms with van der Waals surface area (Å²) in [4.78, 5) is 26.2. The van der Waals surface area contributed by atoms with E-state index in [1.807, 2.05) is 17.0 Å². The second kappa shape index (κ2) is 9.04. The molecule has 1 saturated heterocycles. The fourth-order valence-electron chi connectivity index (χ4n) is 3.34. The number of benzene rings is 1. The molecule has 3 rings (SSSR count). The smallest absolute Gasteiger partial charge is 0.250 e. The summed E-state index contributed by atoms with van der Waals surface area (Å²) in [5.74, 6) is -0.814. The molecule has 1 aliphatic rings. The lowest BCUT2D eigenvalue weighted by Crippen LogP contribution is -2.42. The molecule has 29 heavy (non-hydrogen) atoms. The number of likely N-dealkylation sites (tertiary alicyclic amines) is 1. The Morgan fingerprint density at radius 3 is 2.72 bits per heavy atom. The third kappa shape index (κ3) is 5.21. The molecule has 1 fully saturated rings. The lowest BCUT2D eigenvalue weighted by Gasteiger charge is -2.23. The second-order valence-electron chi connectivity index (χ2n) is 6.95. The molecule has 0 saturated carbocycles. The first-order chi connectivity index (χ1) is 13.8. The zero-order chi connectivity index (χ0) is 21.0. The molecule has 156 valence electrons. The first-order valence-electron chi connectivity index (χ1n) is 9.26. The summed E-state index contributed by atoms with van der Waals surface area (Å²) in [6.07, 6.45) is 1.62. The summed E-state index contributed by atoms with van der Waals surface area (Å²) in [5, 5.41) is 4.45. The number of thiophene rings is 1. The monoisotopic (exact) mass is 436 g/mol. The predicted octanol–water partition coefficient (Wildman–Crippen LogP) is 1.50. The molecule has 1 aromatic carbocycles. The average Bonchev–Trinajstić information content (AvgIpc) is 3.35. The van der Waals surface area contributed by atoms with Gasteiger partial charge in [-0.2, -0.15) is 4.72 Å². The van der Waals surface area contributed by atoms with E-state index in [1.165, 1.54) is 13.0 Å². The fourth-order valence-corrected chi connectivity index (χ4v) is 5.55. The Bertz CT molecular complexity index is 976. The SMILES string of the molecule is CC(NS(=O)(=O)c1cccs1)C(=O)Nc1ccccc1CN1CCCC1C(N)=O. The predicted molar refractivity (Wildman–Crippen MR) is 112 cm³/mol. The third-order valence-electron chi connectivity index (χ3n) is 4.83. The van der Waals surface area contributed by atoms with Gasteiger partial charge in [-0.25, -0.2) is 8.42 Å².